The zero-order valence-corrected chi connectivity index (χ0v) is 14.0. The molecule has 0 atom stereocenters. The van der Waals surface area contributed by atoms with Gasteiger partial charge in [0, 0.05) is 32.4 Å². The molecule has 0 spiro atoms. The Hall–Kier alpha value is -0.920. The number of carbonyl (C=O) groups excluding carboxylic acids is 1. The number of carbonyl (C=O) groups is 1. The number of amides is 1. The van der Waals surface area contributed by atoms with Crippen molar-refractivity contribution in [1.29, 1.82) is 0 Å². The van der Waals surface area contributed by atoms with Crippen LogP contribution in [0, 0.1) is 0 Å². The molecule has 0 unspecified atom stereocenters. The van der Waals surface area contributed by atoms with Crippen LogP contribution < -0.4 is 5.73 Å². The fourth-order valence-electron chi connectivity index (χ4n) is 1.57. The molecule has 0 aliphatic carbocycles. The minimum absolute atomic E-state index is 0.143. The van der Waals surface area contributed by atoms with Crippen molar-refractivity contribution in [3.8, 4) is 0 Å². The maximum Gasteiger partial charge on any atom is 0.257 e. The van der Waals surface area contributed by atoms with E-state index >= 15 is 0 Å². The molecule has 0 saturated carbocycles. The number of nitrogens with zero attached hydrogens (tertiary/aromatic N) is 2. The van der Waals surface area contributed by atoms with Gasteiger partial charge in [-0.3, -0.25) is 4.79 Å². The summed E-state index contributed by atoms with van der Waals surface area (Å²) in [4.78, 5) is 19.0. The first-order chi connectivity index (χ1) is 8.97. The van der Waals surface area contributed by atoms with Crippen LogP contribution in [0.4, 0.5) is 5.82 Å². The van der Waals surface area contributed by atoms with Gasteiger partial charge in [0.15, 0.2) is 0 Å². The minimum atomic E-state index is -0.143. The number of anilines is 1. The molecule has 2 N–H and O–H groups in total. The molecule has 100 valence electrons. The van der Waals surface area contributed by atoms with Crippen molar-refractivity contribution in [3.05, 3.63) is 43.1 Å². The van der Waals surface area contributed by atoms with Gasteiger partial charge < -0.3 is 10.6 Å². The highest BCUT2D eigenvalue weighted by Crippen LogP contribution is 2.22. The molecule has 0 saturated heterocycles. The summed E-state index contributed by atoms with van der Waals surface area (Å²) in [6, 6.07) is 3.68. The molecule has 0 aliphatic heterocycles. The number of nitrogen functional groups attached to an aromatic ring is 1. The number of halogens is 2. The van der Waals surface area contributed by atoms with E-state index in [9.17, 15) is 4.79 Å². The summed E-state index contributed by atoms with van der Waals surface area (Å²) in [7, 11) is 1.75. The van der Waals surface area contributed by atoms with Crippen molar-refractivity contribution in [2.75, 3.05) is 12.8 Å². The van der Waals surface area contributed by atoms with Gasteiger partial charge in [0.25, 0.3) is 5.91 Å². The van der Waals surface area contributed by atoms with Crippen LogP contribution in [0.2, 0.25) is 0 Å². The molecule has 2 aromatic heterocycles. The Kier molecular flexibility index (Phi) is 4.59. The second-order valence-electron chi connectivity index (χ2n) is 3.98. The van der Waals surface area contributed by atoms with Crippen LogP contribution in [0.5, 0.6) is 0 Å². The summed E-state index contributed by atoms with van der Waals surface area (Å²) < 4.78 is 1.76. The van der Waals surface area contributed by atoms with Gasteiger partial charge in [-0.05, 0) is 44.0 Å². The highest BCUT2D eigenvalue weighted by molar-refractivity contribution is 9.10. The molecular weight excluding hydrogens is 394 g/mol. The van der Waals surface area contributed by atoms with E-state index in [-0.39, 0.29) is 11.7 Å². The molecule has 0 aliphatic rings. The quantitative estimate of drug-likeness (QED) is 0.851. The maximum atomic E-state index is 12.3. The van der Waals surface area contributed by atoms with E-state index < -0.39 is 0 Å². The average molecular weight is 405 g/mol. The topological polar surface area (TPSA) is 59.2 Å². The molecule has 19 heavy (non-hydrogen) atoms. The van der Waals surface area contributed by atoms with Crippen LogP contribution in [-0.2, 0) is 6.54 Å². The second kappa shape index (κ2) is 6.02. The Morgan fingerprint density at radius 3 is 2.79 bits per heavy atom. The number of rotatable bonds is 3. The highest BCUT2D eigenvalue weighted by Gasteiger charge is 2.16. The fraction of sp³-hybridized carbons (Fsp3) is 0.167. The lowest BCUT2D eigenvalue weighted by atomic mass is 10.2. The molecule has 1 amide bonds. The predicted octanol–water partition coefficient (Wildman–Crippen LogP) is 3.52. The zero-order chi connectivity index (χ0) is 14.0. The van der Waals surface area contributed by atoms with Gasteiger partial charge in [-0.25, -0.2) is 4.98 Å². The lowest BCUT2D eigenvalue weighted by molar-refractivity contribution is 0.0787. The standard InChI is InChI=1S/C12H11Br2N3OS/c1-17(5-9-2-8(14)6-19-9)12(18)10-3-7(13)4-16-11(10)15/h2-4,6H,5H2,1H3,(H2,15,16). The van der Waals surface area contributed by atoms with Crippen LogP contribution >= 0.6 is 43.2 Å². The first-order valence-corrected chi connectivity index (χ1v) is 7.83. The predicted molar refractivity (Wildman–Crippen MR) is 84.2 cm³/mol. The van der Waals surface area contributed by atoms with Gasteiger partial charge in [-0.1, -0.05) is 0 Å². The van der Waals surface area contributed by atoms with E-state index in [1.54, 1.807) is 35.5 Å². The van der Waals surface area contributed by atoms with Crippen LogP contribution in [0.3, 0.4) is 0 Å². The van der Waals surface area contributed by atoms with Crippen molar-refractivity contribution in [1.82, 2.24) is 9.88 Å². The number of thiophene rings is 1. The van der Waals surface area contributed by atoms with Crippen LogP contribution in [-0.4, -0.2) is 22.8 Å². The number of pyridine rings is 1. The average Bonchev–Trinajstić information content (AvgIpc) is 2.77. The van der Waals surface area contributed by atoms with E-state index in [1.807, 2.05) is 11.4 Å². The third-order valence-electron chi connectivity index (χ3n) is 2.48. The Morgan fingerprint density at radius 1 is 1.42 bits per heavy atom. The van der Waals surface area contributed by atoms with Gasteiger partial charge >= 0.3 is 0 Å². The van der Waals surface area contributed by atoms with Crippen LogP contribution in [0.1, 0.15) is 15.2 Å². The zero-order valence-electron chi connectivity index (χ0n) is 10.1. The van der Waals surface area contributed by atoms with E-state index in [4.69, 9.17) is 5.73 Å². The summed E-state index contributed by atoms with van der Waals surface area (Å²) >= 11 is 8.29. The molecule has 2 rings (SSSR count). The van der Waals surface area contributed by atoms with Crippen molar-refractivity contribution < 1.29 is 4.79 Å². The SMILES string of the molecule is CN(Cc1cc(Br)cs1)C(=O)c1cc(Br)cnc1N. The Bertz CT molecular complexity index is 615. The van der Waals surface area contributed by atoms with Crippen LogP contribution in [0.15, 0.2) is 32.7 Å². The summed E-state index contributed by atoms with van der Waals surface area (Å²) in [6.07, 6.45) is 1.57. The fourth-order valence-corrected chi connectivity index (χ4v) is 3.40. The van der Waals surface area contributed by atoms with E-state index in [0.717, 1.165) is 13.8 Å². The largest absolute Gasteiger partial charge is 0.383 e. The van der Waals surface area contributed by atoms with Gasteiger partial charge in [-0.2, -0.15) is 0 Å². The molecule has 0 fully saturated rings. The lowest BCUT2D eigenvalue weighted by Crippen LogP contribution is -2.26. The summed E-state index contributed by atoms with van der Waals surface area (Å²) in [6.45, 7) is 0.543. The Labute approximate surface area is 131 Å². The first kappa shape index (κ1) is 14.5. The van der Waals surface area contributed by atoms with Gasteiger partial charge in [-0.15, -0.1) is 11.3 Å². The number of aromatic nitrogens is 1. The van der Waals surface area contributed by atoms with E-state index in [2.05, 4.69) is 36.8 Å². The summed E-state index contributed by atoms with van der Waals surface area (Å²) in [5.41, 5.74) is 6.15. The molecule has 0 aromatic carbocycles. The van der Waals surface area contributed by atoms with E-state index in [0.29, 0.717) is 12.1 Å². The van der Waals surface area contributed by atoms with Gasteiger partial charge in [0.2, 0.25) is 0 Å². The van der Waals surface area contributed by atoms with Crippen molar-refractivity contribution in [3.63, 3.8) is 0 Å². The minimum Gasteiger partial charge on any atom is -0.383 e. The van der Waals surface area contributed by atoms with Gasteiger partial charge in [0.05, 0.1) is 12.1 Å². The van der Waals surface area contributed by atoms with Gasteiger partial charge in [0.1, 0.15) is 5.82 Å². The molecule has 0 bridgehead atoms. The Morgan fingerprint density at radius 2 is 2.16 bits per heavy atom. The summed E-state index contributed by atoms with van der Waals surface area (Å²) in [5, 5.41) is 1.99. The van der Waals surface area contributed by atoms with Crippen molar-refractivity contribution >= 4 is 54.9 Å². The molecule has 2 heterocycles. The third kappa shape index (κ3) is 3.55. The molecule has 2 aromatic rings. The third-order valence-corrected chi connectivity index (χ3v) is 4.59. The van der Waals surface area contributed by atoms with Crippen molar-refractivity contribution in [2.24, 2.45) is 0 Å². The monoisotopic (exact) mass is 403 g/mol. The number of hydrogen-bond acceptors (Lipinski definition) is 4. The molecule has 7 heteroatoms. The number of nitrogens with two attached hydrogens (primary N) is 1. The summed E-state index contributed by atoms with van der Waals surface area (Å²) in [5.74, 6) is 0.100. The molecule has 0 radical (unpaired) electrons. The van der Waals surface area contributed by atoms with Crippen molar-refractivity contribution in [2.45, 2.75) is 6.54 Å². The first-order valence-electron chi connectivity index (χ1n) is 5.37. The number of hydrogen-bond donors (Lipinski definition) is 1. The normalized spacial score (nSPS) is 10.5. The van der Waals surface area contributed by atoms with E-state index in [1.165, 1.54) is 0 Å². The Balaban J connectivity index is 2.16. The van der Waals surface area contributed by atoms with Crippen LogP contribution in [0.25, 0.3) is 0 Å². The smallest absolute Gasteiger partial charge is 0.257 e. The maximum absolute atomic E-state index is 12.3. The lowest BCUT2D eigenvalue weighted by Gasteiger charge is -2.17. The molecular formula is C12H11Br2N3OS. The molecule has 4 nitrogen and oxygen atoms in total. The highest BCUT2D eigenvalue weighted by atomic mass is 79.9. The second-order valence-corrected chi connectivity index (χ2v) is 6.81.